The van der Waals surface area contributed by atoms with Crippen LogP contribution in [0, 0.1) is 11.3 Å². The summed E-state index contributed by atoms with van der Waals surface area (Å²) in [6, 6.07) is 16.3. The van der Waals surface area contributed by atoms with Gasteiger partial charge in [-0.3, -0.25) is 4.79 Å². The zero-order valence-corrected chi connectivity index (χ0v) is 15.5. The minimum atomic E-state index is -0.408. The quantitative estimate of drug-likeness (QED) is 0.545. The molecule has 25 heavy (non-hydrogen) atoms. The van der Waals surface area contributed by atoms with Crippen LogP contribution in [0.5, 0.6) is 5.75 Å². The van der Waals surface area contributed by atoms with Crippen molar-refractivity contribution in [2.75, 3.05) is 0 Å². The Morgan fingerprint density at radius 1 is 1.32 bits per heavy atom. The second kappa shape index (κ2) is 9.05. The molecule has 2 aromatic carbocycles. The Kier molecular flexibility index (Phi) is 6.79. The number of carbonyl (C=O) groups excluding carboxylic acids is 1. The van der Waals surface area contributed by atoms with E-state index in [4.69, 9.17) is 0 Å². The number of nitriles is 1. The summed E-state index contributed by atoms with van der Waals surface area (Å²) in [5.41, 5.74) is 1.69. The molecular formula is C20H19BrN2O2. The van der Waals surface area contributed by atoms with Crippen LogP contribution in [0.25, 0.3) is 6.08 Å². The zero-order valence-electron chi connectivity index (χ0n) is 13.9. The first-order valence-corrected chi connectivity index (χ1v) is 8.80. The number of phenols is 1. The maximum atomic E-state index is 12.5. The van der Waals surface area contributed by atoms with E-state index in [1.165, 1.54) is 12.1 Å². The zero-order chi connectivity index (χ0) is 18.2. The molecule has 0 aromatic heterocycles. The fourth-order valence-electron chi connectivity index (χ4n) is 2.46. The maximum absolute atomic E-state index is 12.5. The van der Waals surface area contributed by atoms with Crippen molar-refractivity contribution in [2.45, 2.75) is 25.8 Å². The number of hydrogen-bond acceptors (Lipinski definition) is 3. The molecule has 0 spiro atoms. The van der Waals surface area contributed by atoms with Crippen molar-refractivity contribution in [2.24, 2.45) is 0 Å². The van der Waals surface area contributed by atoms with Crippen LogP contribution in [-0.2, 0) is 4.79 Å². The Hall–Kier alpha value is -2.58. The van der Waals surface area contributed by atoms with Gasteiger partial charge in [0.1, 0.15) is 17.4 Å². The van der Waals surface area contributed by atoms with E-state index in [2.05, 4.69) is 28.2 Å². The summed E-state index contributed by atoms with van der Waals surface area (Å²) in [5.74, 6) is -0.304. The molecule has 128 valence electrons. The standard InChI is InChI=1S/C20H19BrN2O2/c1-2-6-18(15-7-4-3-5-8-15)23-20(25)16(13-22)11-14-9-10-19(24)17(21)12-14/h3-5,7-12,18,24H,2,6H2,1H3,(H,23,25)/t18-/m0/s1. The van der Waals surface area contributed by atoms with E-state index in [0.717, 1.165) is 18.4 Å². The normalized spacial score (nSPS) is 12.3. The second-order valence-corrected chi connectivity index (χ2v) is 6.46. The number of nitrogens with zero attached hydrogens (tertiary/aromatic N) is 1. The molecule has 4 nitrogen and oxygen atoms in total. The van der Waals surface area contributed by atoms with E-state index >= 15 is 0 Å². The molecule has 2 aromatic rings. The molecule has 0 heterocycles. The second-order valence-electron chi connectivity index (χ2n) is 5.61. The van der Waals surface area contributed by atoms with Crippen molar-refractivity contribution < 1.29 is 9.90 Å². The van der Waals surface area contributed by atoms with Gasteiger partial charge in [0.2, 0.25) is 0 Å². The highest BCUT2D eigenvalue weighted by Crippen LogP contribution is 2.25. The van der Waals surface area contributed by atoms with E-state index in [-0.39, 0.29) is 17.4 Å². The molecule has 1 atom stereocenters. The van der Waals surface area contributed by atoms with Crippen LogP contribution in [0.2, 0.25) is 0 Å². The largest absolute Gasteiger partial charge is 0.507 e. The molecule has 1 amide bonds. The predicted octanol–water partition coefficient (Wildman–Crippen LogP) is 4.72. The highest BCUT2D eigenvalue weighted by molar-refractivity contribution is 9.10. The summed E-state index contributed by atoms with van der Waals surface area (Å²) in [5, 5.41) is 21.8. The van der Waals surface area contributed by atoms with Crippen LogP contribution in [0.15, 0.2) is 58.6 Å². The fraction of sp³-hybridized carbons (Fsp3) is 0.200. The van der Waals surface area contributed by atoms with Crippen molar-refractivity contribution in [3.63, 3.8) is 0 Å². The van der Waals surface area contributed by atoms with Crippen LogP contribution in [-0.4, -0.2) is 11.0 Å². The van der Waals surface area contributed by atoms with Gasteiger partial charge in [0.25, 0.3) is 5.91 Å². The third-order valence-electron chi connectivity index (χ3n) is 3.73. The first-order chi connectivity index (χ1) is 12.0. The smallest absolute Gasteiger partial charge is 0.262 e. The molecular weight excluding hydrogens is 380 g/mol. The number of carbonyl (C=O) groups is 1. The summed E-state index contributed by atoms with van der Waals surface area (Å²) in [4.78, 5) is 12.5. The van der Waals surface area contributed by atoms with Gasteiger partial charge in [0.05, 0.1) is 10.5 Å². The van der Waals surface area contributed by atoms with E-state index in [1.54, 1.807) is 12.1 Å². The summed E-state index contributed by atoms with van der Waals surface area (Å²) in [6.45, 7) is 2.05. The van der Waals surface area contributed by atoms with Gasteiger partial charge in [-0.1, -0.05) is 49.7 Å². The molecule has 0 fully saturated rings. The van der Waals surface area contributed by atoms with Gasteiger partial charge in [0.15, 0.2) is 0 Å². The summed E-state index contributed by atoms with van der Waals surface area (Å²) < 4.78 is 0.507. The van der Waals surface area contributed by atoms with Crippen LogP contribution in [0.1, 0.15) is 36.9 Å². The van der Waals surface area contributed by atoms with E-state index in [0.29, 0.717) is 10.0 Å². The van der Waals surface area contributed by atoms with Gasteiger partial charge in [0, 0.05) is 0 Å². The van der Waals surface area contributed by atoms with Crippen LogP contribution < -0.4 is 5.32 Å². The molecule has 0 saturated heterocycles. The van der Waals surface area contributed by atoms with Gasteiger partial charge in [-0.2, -0.15) is 5.26 Å². The average Bonchev–Trinajstić information content (AvgIpc) is 2.62. The van der Waals surface area contributed by atoms with E-state index < -0.39 is 5.91 Å². The molecule has 0 aliphatic rings. The minimum Gasteiger partial charge on any atom is -0.507 e. The SMILES string of the molecule is CCC[C@H](NC(=O)C(C#N)=Cc1ccc(O)c(Br)c1)c1ccccc1. The van der Waals surface area contributed by atoms with Gasteiger partial charge < -0.3 is 10.4 Å². The van der Waals surface area contributed by atoms with Gasteiger partial charge >= 0.3 is 0 Å². The lowest BCUT2D eigenvalue weighted by molar-refractivity contribution is -0.117. The Balaban J connectivity index is 2.22. The topological polar surface area (TPSA) is 73.1 Å². The maximum Gasteiger partial charge on any atom is 0.262 e. The Morgan fingerprint density at radius 3 is 2.64 bits per heavy atom. The minimum absolute atomic E-state index is 0.0228. The number of aromatic hydroxyl groups is 1. The Morgan fingerprint density at radius 2 is 2.04 bits per heavy atom. The number of nitrogens with one attached hydrogen (secondary N) is 1. The fourth-order valence-corrected chi connectivity index (χ4v) is 2.86. The number of hydrogen-bond donors (Lipinski definition) is 2. The number of phenolic OH excluding ortho intramolecular Hbond substituents is 1. The van der Waals surface area contributed by atoms with Gasteiger partial charge in [-0.15, -0.1) is 0 Å². The molecule has 5 heteroatoms. The number of benzene rings is 2. The lowest BCUT2D eigenvalue weighted by atomic mass is 10.0. The Labute approximate surface area is 155 Å². The third kappa shape index (κ3) is 5.20. The molecule has 0 radical (unpaired) electrons. The van der Waals surface area contributed by atoms with Gasteiger partial charge in [-0.05, 0) is 51.7 Å². The molecule has 0 unspecified atom stereocenters. The highest BCUT2D eigenvalue weighted by Gasteiger charge is 2.16. The monoisotopic (exact) mass is 398 g/mol. The molecule has 0 bridgehead atoms. The van der Waals surface area contributed by atoms with Crippen molar-refractivity contribution in [3.05, 3.63) is 69.7 Å². The molecule has 2 rings (SSSR count). The van der Waals surface area contributed by atoms with Crippen LogP contribution in [0.4, 0.5) is 0 Å². The number of halogens is 1. The first kappa shape index (κ1) is 18.8. The third-order valence-corrected chi connectivity index (χ3v) is 4.37. The lowest BCUT2D eigenvalue weighted by Gasteiger charge is -2.18. The summed E-state index contributed by atoms with van der Waals surface area (Å²) in [7, 11) is 0. The van der Waals surface area contributed by atoms with Gasteiger partial charge in [-0.25, -0.2) is 0 Å². The Bertz CT molecular complexity index is 810. The summed E-state index contributed by atoms with van der Waals surface area (Å²) >= 11 is 3.22. The van der Waals surface area contributed by atoms with E-state index in [9.17, 15) is 15.2 Å². The molecule has 0 aliphatic carbocycles. The summed E-state index contributed by atoms with van der Waals surface area (Å²) in [6.07, 6.45) is 3.21. The van der Waals surface area contributed by atoms with Crippen molar-refractivity contribution in [1.82, 2.24) is 5.32 Å². The average molecular weight is 399 g/mol. The first-order valence-electron chi connectivity index (χ1n) is 8.01. The van der Waals surface area contributed by atoms with Crippen molar-refractivity contribution >= 4 is 27.9 Å². The molecule has 2 N–H and O–H groups in total. The highest BCUT2D eigenvalue weighted by atomic mass is 79.9. The van der Waals surface area contributed by atoms with Crippen LogP contribution >= 0.6 is 15.9 Å². The molecule has 0 saturated carbocycles. The predicted molar refractivity (Wildman–Crippen MR) is 102 cm³/mol. The van der Waals surface area contributed by atoms with Crippen molar-refractivity contribution in [3.8, 4) is 11.8 Å². The van der Waals surface area contributed by atoms with E-state index in [1.807, 2.05) is 36.4 Å². The molecule has 0 aliphatic heterocycles. The van der Waals surface area contributed by atoms with Crippen molar-refractivity contribution in [1.29, 1.82) is 5.26 Å². The van der Waals surface area contributed by atoms with Crippen LogP contribution in [0.3, 0.4) is 0 Å². The number of rotatable bonds is 6. The lowest BCUT2D eigenvalue weighted by Crippen LogP contribution is -2.29. The number of amides is 1.